The molecule has 4 rings (SSSR count). The summed E-state index contributed by atoms with van der Waals surface area (Å²) in [5, 5.41) is 0. The third kappa shape index (κ3) is 2.51. The third-order valence-corrected chi connectivity index (χ3v) is 5.70. The first-order valence-corrected chi connectivity index (χ1v) is 9.10. The number of imide groups is 1. The zero-order chi connectivity index (χ0) is 17.6. The molecule has 0 spiro atoms. The minimum Gasteiger partial charge on any atom is -0.341 e. The maximum Gasteiger partial charge on any atom is 0.328 e. The van der Waals surface area contributed by atoms with E-state index in [1.54, 1.807) is 9.80 Å². The fourth-order valence-electron chi connectivity index (χ4n) is 4.44. The molecule has 4 amide bonds. The van der Waals surface area contributed by atoms with Gasteiger partial charge < -0.3 is 9.80 Å². The number of carbonyl (C=O) groups is 3. The largest absolute Gasteiger partial charge is 0.341 e. The smallest absolute Gasteiger partial charge is 0.328 e. The average Bonchev–Trinajstić information content (AvgIpc) is 3.33. The Morgan fingerprint density at radius 3 is 2.52 bits per heavy atom. The summed E-state index contributed by atoms with van der Waals surface area (Å²) in [5.41, 5.74) is 1.09. The fraction of sp³-hybridized carbons (Fsp3) is 0.526. The molecular weight excluding hydrogens is 318 g/mol. The number of hydrogen-bond donors (Lipinski definition) is 0. The van der Waals surface area contributed by atoms with Crippen LogP contribution in [0, 0.1) is 0 Å². The van der Waals surface area contributed by atoms with Crippen molar-refractivity contribution in [3.63, 3.8) is 0 Å². The van der Waals surface area contributed by atoms with Gasteiger partial charge in [-0.05, 0) is 24.8 Å². The molecule has 3 aliphatic heterocycles. The Morgan fingerprint density at radius 1 is 1.08 bits per heavy atom. The molecule has 1 aromatic rings. The molecular formula is C19H23N3O3. The van der Waals surface area contributed by atoms with Gasteiger partial charge in [0.15, 0.2) is 0 Å². The van der Waals surface area contributed by atoms with Crippen molar-refractivity contribution in [2.45, 2.75) is 50.7 Å². The highest BCUT2D eigenvalue weighted by atomic mass is 16.2. The van der Waals surface area contributed by atoms with E-state index in [0.29, 0.717) is 32.4 Å². The van der Waals surface area contributed by atoms with Gasteiger partial charge in [-0.3, -0.25) is 14.5 Å². The standard InChI is InChI=1S/C19H23N3O3/c1-2-17(23)20-11-10-14(12-20)21-18(24)16-9-8-15(22(16)19(21)25)13-6-4-3-5-7-13/h3-7,14-16H,2,8-12H2,1H3/t14-,15-,16-/m0/s1. The van der Waals surface area contributed by atoms with E-state index >= 15 is 0 Å². The quantitative estimate of drug-likeness (QED) is 0.792. The van der Waals surface area contributed by atoms with Crippen LogP contribution in [-0.2, 0) is 9.59 Å². The Labute approximate surface area is 147 Å². The second kappa shape index (κ2) is 6.17. The number of fused-ring (bicyclic) bond motifs is 1. The Morgan fingerprint density at radius 2 is 1.80 bits per heavy atom. The fourth-order valence-corrected chi connectivity index (χ4v) is 4.44. The van der Waals surface area contributed by atoms with Gasteiger partial charge in [-0.2, -0.15) is 0 Å². The van der Waals surface area contributed by atoms with Crippen molar-refractivity contribution in [3.8, 4) is 0 Å². The number of hydrogen-bond acceptors (Lipinski definition) is 3. The average molecular weight is 341 g/mol. The normalized spacial score (nSPS) is 28.8. The molecule has 3 fully saturated rings. The van der Waals surface area contributed by atoms with Crippen LogP contribution in [0.1, 0.15) is 44.2 Å². The summed E-state index contributed by atoms with van der Waals surface area (Å²) < 4.78 is 0. The van der Waals surface area contributed by atoms with E-state index in [9.17, 15) is 14.4 Å². The zero-order valence-corrected chi connectivity index (χ0v) is 14.4. The lowest BCUT2D eigenvalue weighted by Gasteiger charge is -2.26. The summed E-state index contributed by atoms with van der Waals surface area (Å²) in [5.74, 6) is 0.00323. The van der Waals surface area contributed by atoms with Gasteiger partial charge in [-0.25, -0.2) is 4.79 Å². The SMILES string of the molecule is CCC(=O)N1CC[C@H](N2C(=O)[C@@H]3CC[C@@H](c4ccccc4)N3C2=O)C1. The Kier molecular flexibility index (Phi) is 3.98. The molecule has 0 N–H and O–H groups in total. The summed E-state index contributed by atoms with van der Waals surface area (Å²) in [6, 6.07) is 9.19. The Bertz CT molecular complexity index is 705. The number of likely N-dealkylation sites (tertiary alicyclic amines) is 1. The van der Waals surface area contributed by atoms with E-state index in [-0.39, 0.29) is 36.0 Å². The number of rotatable bonds is 3. The van der Waals surface area contributed by atoms with Gasteiger partial charge in [0.25, 0.3) is 5.91 Å². The van der Waals surface area contributed by atoms with Crippen LogP contribution in [0.4, 0.5) is 4.79 Å². The number of carbonyl (C=O) groups excluding carboxylic acids is 3. The molecule has 6 heteroatoms. The number of urea groups is 1. The monoisotopic (exact) mass is 341 g/mol. The second-order valence-corrected chi connectivity index (χ2v) is 7.05. The lowest BCUT2D eigenvalue weighted by atomic mass is 10.0. The molecule has 3 saturated heterocycles. The van der Waals surface area contributed by atoms with E-state index in [0.717, 1.165) is 12.0 Å². The summed E-state index contributed by atoms with van der Waals surface area (Å²) in [6.07, 6.45) is 2.68. The van der Waals surface area contributed by atoms with Gasteiger partial charge in [0, 0.05) is 19.5 Å². The first-order valence-electron chi connectivity index (χ1n) is 9.10. The van der Waals surface area contributed by atoms with Crippen molar-refractivity contribution in [2.24, 2.45) is 0 Å². The van der Waals surface area contributed by atoms with Crippen molar-refractivity contribution in [1.29, 1.82) is 0 Å². The van der Waals surface area contributed by atoms with Crippen LogP contribution in [0.2, 0.25) is 0 Å². The molecule has 3 heterocycles. The molecule has 3 atom stereocenters. The zero-order valence-electron chi connectivity index (χ0n) is 14.4. The second-order valence-electron chi connectivity index (χ2n) is 7.05. The first-order chi connectivity index (χ1) is 12.1. The predicted octanol–water partition coefficient (Wildman–Crippen LogP) is 2.17. The van der Waals surface area contributed by atoms with Crippen LogP contribution in [0.15, 0.2) is 30.3 Å². The molecule has 0 radical (unpaired) electrons. The minimum atomic E-state index is -0.339. The predicted molar refractivity (Wildman–Crippen MR) is 91.6 cm³/mol. The lowest BCUT2D eigenvalue weighted by molar-refractivity contribution is -0.132. The molecule has 0 aromatic heterocycles. The van der Waals surface area contributed by atoms with Crippen molar-refractivity contribution in [2.75, 3.05) is 13.1 Å². The van der Waals surface area contributed by atoms with Gasteiger partial charge in [0.2, 0.25) is 5.91 Å². The van der Waals surface area contributed by atoms with Crippen molar-refractivity contribution >= 4 is 17.8 Å². The van der Waals surface area contributed by atoms with Gasteiger partial charge in [-0.1, -0.05) is 37.3 Å². The molecule has 0 unspecified atom stereocenters. The highest BCUT2D eigenvalue weighted by molar-refractivity contribution is 6.05. The van der Waals surface area contributed by atoms with Gasteiger partial charge in [-0.15, -0.1) is 0 Å². The summed E-state index contributed by atoms with van der Waals surface area (Å²) in [7, 11) is 0. The molecule has 0 bridgehead atoms. The number of nitrogens with zero attached hydrogens (tertiary/aromatic N) is 3. The third-order valence-electron chi connectivity index (χ3n) is 5.70. The maximum atomic E-state index is 13.0. The van der Waals surface area contributed by atoms with Crippen LogP contribution in [0.25, 0.3) is 0 Å². The van der Waals surface area contributed by atoms with Crippen molar-refractivity contribution < 1.29 is 14.4 Å². The maximum absolute atomic E-state index is 13.0. The topological polar surface area (TPSA) is 60.9 Å². The molecule has 132 valence electrons. The first kappa shape index (κ1) is 16.1. The van der Waals surface area contributed by atoms with Crippen molar-refractivity contribution in [1.82, 2.24) is 14.7 Å². The molecule has 6 nitrogen and oxygen atoms in total. The highest BCUT2D eigenvalue weighted by Gasteiger charge is 2.54. The van der Waals surface area contributed by atoms with E-state index in [1.807, 2.05) is 37.3 Å². The van der Waals surface area contributed by atoms with Crippen molar-refractivity contribution in [3.05, 3.63) is 35.9 Å². The van der Waals surface area contributed by atoms with Gasteiger partial charge in [0.1, 0.15) is 6.04 Å². The van der Waals surface area contributed by atoms with Crippen LogP contribution in [0.3, 0.4) is 0 Å². The molecule has 0 aliphatic carbocycles. The lowest BCUT2D eigenvalue weighted by Crippen LogP contribution is -2.44. The van der Waals surface area contributed by atoms with E-state index in [1.165, 1.54) is 4.90 Å². The minimum absolute atomic E-state index is 0.0255. The van der Waals surface area contributed by atoms with Gasteiger partial charge in [0.05, 0.1) is 12.1 Å². The van der Waals surface area contributed by atoms with Crippen LogP contribution in [0.5, 0.6) is 0 Å². The van der Waals surface area contributed by atoms with E-state index in [4.69, 9.17) is 0 Å². The number of benzene rings is 1. The van der Waals surface area contributed by atoms with E-state index in [2.05, 4.69) is 0 Å². The molecule has 25 heavy (non-hydrogen) atoms. The Balaban J connectivity index is 1.54. The van der Waals surface area contributed by atoms with Crippen LogP contribution >= 0.6 is 0 Å². The highest BCUT2D eigenvalue weighted by Crippen LogP contribution is 2.42. The van der Waals surface area contributed by atoms with Crippen LogP contribution in [-0.4, -0.2) is 57.7 Å². The molecule has 3 aliphatic rings. The molecule has 1 aromatic carbocycles. The summed E-state index contributed by atoms with van der Waals surface area (Å²) in [6.45, 7) is 2.93. The van der Waals surface area contributed by atoms with E-state index < -0.39 is 0 Å². The molecule has 0 saturated carbocycles. The van der Waals surface area contributed by atoms with Gasteiger partial charge >= 0.3 is 6.03 Å². The summed E-state index contributed by atoms with van der Waals surface area (Å²) in [4.78, 5) is 42.8. The van der Waals surface area contributed by atoms with Crippen LogP contribution < -0.4 is 0 Å². The number of amides is 4. The Hall–Kier alpha value is -2.37. The summed E-state index contributed by atoms with van der Waals surface area (Å²) >= 11 is 0.